The molecule has 0 spiro atoms. The summed E-state index contributed by atoms with van der Waals surface area (Å²) < 4.78 is 0. The van der Waals surface area contributed by atoms with Crippen molar-refractivity contribution in [3.05, 3.63) is 33.8 Å². The normalized spacial score (nSPS) is 15.8. The summed E-state index contributed by atoms with van der Waals surface area (Å²) in [6, 6.07) is 6.53. The van der Waals surface area contributed by atoms with Gasteiger partial charge in [0.2, 0.25) is 0 Å². The van der Waals surface area contributed by atoms with Gasteiger partial charge in [0.25, 0.3) is 0 Å². The standard InChI is InChI=1S/C16H23Cl2N/c1-3-16(4-2,11-19-14-6-7-14)10-12-9-13(17)5-8-15(12)18/h5,8-9,14,19H,3-4,6-7,10-11H2,1-2H3. The van der Waals surface area contributed by atoms with Crippen LogP contribution in [-0.2, 0) is 6.42 Å². The van der Waals surface area contributed by atoms with E-state index in [2.05, 4.69) is 19.2 Å². The Labute approximate surface area is 126 Å². The molecular formula is C16H23Cl2N. The van der Waals surface area contributed by atoms with Crippen LogP contribution in [0, 0.1) is 5.41 Å². The van der Waals surface area contributed by atoms with Crippen LogP contribution in [0.25, 0.3) is 0 Å². The van der Waals surface area contributed by atoms with Crippen molar-refractivity contribution in [1.29, 1.82) is 0 Å². The van der Waals surface area contributed by atoms with E-state index in [1.807, 2.05) is 18.2 Å². The Morgan fingerprint density at radius 1 is 1.21 bits per heavy atom. The van der Waals surface area contributed by atoms with Crippen molar-refractivity contribution in [2.24, 2.45) is 5.41 Å². The lowest BCUT2D eigenvalue weighted by Gasteiger charge is -2.33. The molecule has 0 bridgehead atoms. The summed E-state index contributed by atoms with van der Waals surface area (Å²) in [5, 5.41) is 5.29. The Balaban J connectivity index is 2.11. The lowest BCUT2D eigenvalue weighted by molar-refractivity contribution is 0.245. The van der Waals surface area contributed by atoms with E-state index in [-0.39, 0.29) is 5.41 Å². The molecule has 1 aliphatic carbocycles. The van der Waals surface area contributed by atoms with E-state index in [9.17, 15) is 0 Å². The zero-order valence-corrected chi connectivity index (χ0v) is 13.3. The van der Waals surface area contributed by atoms with Crippen molar-refractivity contribution >= 4 is 23.2 Å². The van der Waals surface area contributed by atoms with Gasteiger partial charge in [-0.2, -0.15) is 0 Å². The number of benzene rings is 1. The van der Waals surface area contributed by atoms with E-state index < -0.39 is 0 Å². The average molecular weight is 300 g/mol. The first kappa shape index (κ1) is 15.2. The second-order valence-electron chi connectivity index (χ2n) is 5.77. The fourth-order valence-electron chi connectivity index (χ4n) is 2.54. The number of hydrogen-bond donors (Lipinski definition) is 1. The smallest absolute Gasteiger partial charge is 0.0439 e. The molecule has 1 aromatic carbocycles. The third-order valence-electron chi connectivity index (χ3n) is 4.42. The van der Waals surface area contributed by atoms with Crippen LogP contribution >= 0.6 is 23.2 Å². The van der Waals surface area contributed by atoms with E-state index in [0.717, 1.165) is 41.9 Å². The molecule has 1 N–H and O–H groups in total. The van der Waals surface area contributed by atoms with Crippen molar-refractivity contribution < 1.29 is 0 Å². The van der Waals surface area contributed by atoms with Gasteiger partial charge in [0, 0.05) is 22.6 Å². The van der Waals surface area contributed by atoms with E-state index in [1.165, 1.54) is 18.4 Å². The minimum absolute atomic E-state index is 0.289. The topological polar surface area (TPSA) is 12.0 Å². The van der Waals surface area contributed by atoms with Crippen LogP contribution in [0.5, 0.6) is 0 Å². The maximum atomic E-state index is 6.31. The predicted octanol–water partition coefficient (Wildman–Crippen LogP) is 5.09. The third-order valence-corrected chi connectivity index (χ3v) is 5.02. The Bertz CT molecular complexity index is 423. The lowest BCUT2D eigenvalue weighted by Crippen LogP contribution is -2.36. The number of nitrogens with one attached hydrogen (secondary N) is 1. The van der Waals surface area contributed by atoms with Crippen molar-refractivity contribution in [2.45, 2.75) is 52.0 Å². The molecule has 19 heavy (non-hydrogen) atoms. The van der Waals surface area contributed by atoms with E-state index in [4.69, 9.17) is 23.2 Å². The van der Waals surface area contributed by atoms with Gasteiger partial charge in [-0.1, -0.05) is 37.0 Å². The highest BCUT2D eigenvalue weighted by Crippen LogP contribution is 2.35. The fourth-order valence-corrected chi connectivity index (χ4v) is 2.92. The molecule has 1 nitrogen and oxygen atoms in total. The Kier molecular flexibility index (Phi) is 5.16. The Morgan fingerprint density at radius 3 is 2.47 bits per heavy atom. The highest BCUT2D eigenvalue weighted by Gasteiger charge is 2.30. The Hall–Kier alpha value is -0.240. The van der Waals surface area contributed by atoms with Crippen molar-refractivity contribution in [2.75, 3.05) is 6.54 Å². The molecule has 106 valence electrons. The lowest BCUT2D eigenvalue weighted by atomic mass is 9.77. The zero-order chi connectivity index (χ0) is 13.9. The molecule has 0 unspecified atom stereocenters. The summed E-state index contributed by atoms with van der Waals surface area (Å²) >= 11 is 12.4. The minimum atomic E-state index is 0.289. The quantitative estimate of drug-likeness (QED) is 0.739. The zero-order valence-electron chi connectivity index (χ0n) is 11.8. The molecule has 1 aliphatic rings. The van der Waals surface area contributed by atoms with Crippen LogP contribution < -0.4 is 5.32 Å². The first-order valence-corrected chi connectivity index (χ1v) is 8.01. The van der Waals surface area contributed by atoms with Gasteiger partial charge in [-0.3, -0.25) is 0 Å². The molecule has 0 atom stereocenters. The molecule has 0 amide bonds. The maximum Gasteiger partial charge on any atom is 0.0439 e. The summed E-state index contributed by atoms with van der Waals surface area (Å²) in [7, 11) is 0. The first-order chi connectivity index (χ1) is 9.08. The number of halogens is 2. The van der Waals surface area contributed by atoms with Crippen LogP contribution in [0.15, 0.2) is 18.2 Å². The highest BCUT2D eigenvalue weighted by molar-refractivity contribution is 6.33. The molecule has 0 aliphatic heterocycles. The predicted molar refractivity (Wildman–Crippen MR) is 84.2 cm³/mol. The SMILES string of the molecule is CCC(CC)(CNC1CC1)Cc1cc(Cl)ccc1Cl. The second-order valence-corrected chi connectivity index (χ2v) is 6.62. The van der Waals surface area contributed by atoms with Gasteiger partial charge in [0.05, 0.1) is 0 Å². The van der Waals surface area contributed by atoms with Crippen LogP contribution in [0.3, 0.4) is 0 Å². The molecular weight excluding hydrogens is 277 g/mol. The molecule has 1 aromatic rings. The largest absolute Gasteiger partial charge is 0.313 e. The average Bonchev–Trinajstić information content (AvgIpc) is 3.23. The van der Waals surface area contributed by atoms with E-state index in [0.29, 0.717) is 0 Å². The minimum Gasteiger partial charge on any atom is -0.313 e. The molecule has 3 heteroatoms. The fraction of sp³-hybridized carbons (Fsp3) is 0.625. The van der Waals surface area contributed by atoms with E-state index >= 15 is 0 Å². The Morgan fingerprint density at radius 2 is 1.89 bits per heavy atom. The van der Waals surface area contributed by atoms with Crippen molar-refractivity contribution in [3.8, 4) is 0 Å². The van der Waals surface area contributed by atoms with E-state index in [1.54, 1.807) is 0 Å². The molecule has 0 saturated heterocycles. The number of rotatable bonds is 7. The summed E-state index contributed by atoms with van der Waals surface area (Å²) in [6.45, 7) is 5.63. The van der Waals surface area contributed by atoms with Gasteiger partial charge in [-0.15, -0.1) is 0 Å². The first-order valence-electron chi connectivity index (χ1n) is 7.26. The molecule has 1 fully saturated rings. The van der Waals surface area contributed by atoms with Gasteiger partial charge < -0.3 is 5.32 Å². The third kappa shape index (κ3) is 4.11. The van der Waals surface area contributed by atoms with Crippen LogP contribution in [0.2, 0.25) is 10.0 Å². The maximum absolute atomic E-state index is 6.31. The summed E-state index contributed by atoms with van der Waals surface area (Å²) in [4.78, 5) is 0. The molecule has 0 heterocycles. The van der Waals surface area contributed by atoms with Crippen molar-refractivity contribution in [1.82, 2.24) is 5.32 Å². The monoisotopic (exact) mass is 299 g/mol. The van der Waals surface area contributed by atoms with Crippen molar-refractivity contribution in [3.63, 3.8) is 0 Å². The van der Waals surface area contributed by atoms with Gasteiger partial charge in [-0.05, 0) is 61.3 Å². The molecule has 2 rings (SSSR count). The second kappa shape index (κ2) is 6.47. The highest BCUT2D eigenvalue weighted by atomic mass is 35.5. The van der Waals surface area contributed by atoms with Gasteiger partial charge in [0.15, 0.2) is 0 Å². The molecule has 1 saturated carbocycles. The van der Waals surface area contributed by atoms with Gasteiger partial charge in [-0.25, -0.2) is 0 Å². The summed E-state index contributed by atoms with van der Waals surface area (Å²) in [5.41, 5.74) is 1.46. The van der Waals surface area contributed by atoms with Gasteiger partial charge >= 0.3 is 0 Å². The van der Waals surface area contributed by atoms with Crippen LogP contribution in [0.4, 0.5) is 0 Å². The summed E-state index contributed by atoms with van der Waals surface area (Å²) in [6.07, 6.45) is 5.99. The van der Waals surface area contributed by atoms with Crippen LogP contribution in [0.1, 0.15) is 45.1 Å². The number of hydrogen-bond acceptors (Lipinski definition) is 1. The van der Waals surface area contributed by atoms with Gasteiger partial charge in [0.1, 0.15) is 0 Å². The molecule has 0 radical (unpaired) electrons. The molecule has 0 aromatic heterocycles. The summed E-state index contributed by atoms with van der Waals surface area (Å²) in [5.74, 6) is 0. The van der Waals surface area contributed by atoms with Crippen LogP contribution in [-0.4, -0.2) is 12.6 Å².